The topological polar surface area (TPSA) is 103 Å². The average Bonchev–Trinajstić information content (AvgIpc) is 2.97. The van der Waals surface area contributed by atoms with E-state index in [-0.39, 0.29) is 36.3 Å². The maximum Gasteiger partial charge on any atom is 0.339 e. The molecule has 29 heavy (non-hydrogen) atoms. The Morgan fingerprint density at radius 3 is 2.79 bits per heavy atom. The summed E-state index contributed by atoms with van der Waals surface area (Å²) in [5.74, 6) is 0.394. The van der Waals surface area contributed by atoms with E-state index in [0.29, 0.717) is 29.9 Å². The number of fused-ring (bicyclic) bond motifs is 1. The summed E-state index contributed by atoms with van der Waals surface area (Å²) in [5.41, 5.74) is 2.03. The molecule has 1 N–H and O–H groups in total. The molecule has 0 saturated carbocycles. The van der Waals surface area contributed by atoms with E-state index in [2.05, 4.69) is 11.9 Å². The Bertz CT molecular complexity index is 1120. The molecule has 3 rings (SSSR count). The van der Waals surface area contributed by atoms with Gasteiger partial charge in [-0.2, -0.15) is 0 Å². The molecule has 0 aliphatic carbocycles. The van der Waals surface area contributed by atoms with Gasteiger partial charge in [0.2, 0.25) is 5.91 Å². The second-order valence-corrected chi connectivity index (χ2v) is 9.79. The molecule has 2 heterocycles. The Labute approximate surface area is 169 Å². The Hall–Kier alpha value is -2.61. The van der Waals surface area contributed by atoms with E-state index in [9.17, 15) is 18.0 Å². The largest absolute Gasteiger partial charge is 0.489 e. The number of aryl methyl sites for hydroxylation is 1. The molecule has 1 aromatic heterocycles. The van der Waals surface area contributed by atoms with Crippen LogP contribution in [0.4, 0.5) is 0 Å². The van der Waals surface area contributed by atoms with Gasteiger partial charge in [-0.1, -0.05) is 6.58 Å². The van der Waals surface area contributed by atoms with E-state index < -0.39 is 15.5 Å². The summed E-state index contributed by atoms with van der Waals surface area (Å²) in [6, 6.07) is 4.95. The molecule has 0 radical (unpaired) electrons. The first-order valence-electron chi connectivity index (χ1n) is 9.48. The lowest BCUT2D eigenvalue weighted by molar-refractivity contribution is -0.121. The van der Waals surface area contributed by atoms with Gasteiger partial charge >= 0.3 is 5.63 Å². The molecule has 1 aliphatic heterocycles. The van der Waals surface area contributed by atoms with Crippen LogP contribution in [0.25, 0.3) is 11.0 Å². The lowest BCUT2D eigenvalue weighted by atomic mass is 10.0. The lowest BCUT2D eigenvalue weighted by Gasteiger charge is -2.12. The number of nitrogens with one attached hydrogen (secondary N) is 1. The molecule has 156 valence electrons. The number of benzene rings is 1. The highest BCUT2D eigenvalue weighted by Gasteiger charge is 2.28. The van der Waals surface area contributed by atoms with Crippen molar-refractivity contribution in [3.05, 3.63) is 51.9 Å². The second-order valence-electron chi connectivity index (χ2n) is 7.56. The number of sulfone groups is 1. The summed E-state index contributed by atoms with van der Waals surface area (Å²) >= 11 is 0. The fourth-order valence-electron chi connectivity index (χ4n) is 3.41. The van der Waals surface area contributed by atoms with Crippen LogP contribution >= 0.6 is 0 Å². The van der Waals surface area contributed by atoms with Crippen molar-refractivity contribution in [2.24, 2.45) is 0 Å². The van der Waals surface area contributed by atoms with Crippen LogP contribution < -0.4 is 15.7 Å². The molecule has 2 aromatic rings. The summed E-state index contributed by atoms with van der Waals surface area (Å²) in [7, 11) is -3.05. The summed E-state index contributed by atoms with van der Waals surface area (Å²) in [6.07, 6.45) is 0.748. The van der Waals surface area contributed by atoms with Gasteiger partial charge in [0.15, 0.2) is 9.84 Å². The van der Waals surface area contributed by atoms with Crippen molar-refractivity contribution in [2.45, 2.75) is 39.2 Å². The van der Waals surface area contributed by atoms with Crippen LogP contribution in [0.15, 0.2) is 39.6 Å². The summed E-state index contributed by atoms with van der Waals surface area (Å²) < 4.78 is 34.0. The number of amides is 1. The highest BCUT2D eigenvalue weighted by Crippen LogP contribution is 2.25. The zero-order valence-electron chi connectivity index (χ0n) is 16.6. The van der Waals surface area contributed by atoms with Gasteiger partial charge in [-0.15, -0.1) is 0 Å². The molecule has 7 nitrogen and oxygen atoms in total. The van der Waals surface area contributed by atoms with Gasteiger partial charge in [0.25, 0.3) is 0 Å². The number of hydrogen-bond acceptors (Lipinski definition) is 6. The van der Waals surface area contributed by atoms with Gasteiger partial charge in [0, 0.05) is 29.5 Å². The summed E-state index contributed by atoms with van der Waals surface area (Å²) in [4.78, 5) is 24.6. The van der Waals surface area contributed by atoms with Crippen LogP contribution in [0, 0.1) is 6.92 Å². The zero-order chi connectivity index (χ0) is 21.2. The predicted molar refractivity (Wildman–Crippen MR) is 111 cm³/mol. The summed E-state index contributed by atoms with van der Waals surface area (Å²) in [6.45, 7) is 7.85. The number of hydrogen-bond donors (Lipinski definition) is 1. The standard InChI is InChI=1S/C21H25NO6S/c1-13(2)11-27-16-4-5-17-14(3)18(21(24)28-19(17)10-16)6-7-20(23)22-15-8-9-29(25,26)12-15/h4-5,10,15H,1,6-9,11-12H2,2-3H3,(H,22,23)/t15-/m0/s1. The fraction of sp³-hybridized carbons (Fsp3) is 0.429. The van der Waals surface area contributed by atoms with Gasteiger partial charge in [0.1, 0.15) is 17.9 Å². The molecular weight excluding hydrogens is 394 g/mol. The Kier molecular flexibility index (Phi) is 6.12. The van der Waals surface area contributed by atoms with Crippen molar-refractivity contribution in [1.82, 2.24) is 5.32 Å². The van der Waals surface area contributed by atoms with Crippen LogP contribution in [0.2, 0.25) is 0 Å². The van der Waals surface area contributed by atoms with Crippen molar-refractivity contribution >= 4 is 26.7 Å². The van der Waals surface area contributed by atoms with E-state index in [1.807, 2.05) is 19.9 Å². The van der Waals surface area contributed by atoms with Crippen LogP contribution in [0.1, 0.15) is 30.9 Å². The maximum atomic E-state index is 12.4. The monoisotopic (exact) mass is 419 g/mol. The van der Waals surface area contributed by atoms with E-state index >= 15 is 0 Å². The minimum atomic E-state index is -3.05. The van der Waals surface area contributed by atoms with E-state index in [1.54, 1.807) is 12.1 Å². The molecule has 1 atom stereocenters. The highest BCUT2D eigenvalue weighted by atomic mass is 32.2. The van der Waals surface area contributed by atoms with Crippen LogP contribution in [-0.2, 0) is 21.1 Å². The van der Waals surface area contributed by atoms with E-state index in [1.165, 1.54) is 0 Å². The van der Waals surface area contributed by atoms with E-state index in [4.69, 9.17) is 9.15 Å². The Morgan fingerprint density at radius 2 is 2.14 bits per heavy atom. The normalized spacial score (nSPS) is 17.9. The van der Waals surface area contributed by atoms with Crippen molar-refractivity contribution in [2.75, 3.05) is 18.1 Å². The third-order valence-electron chi connectivity index (χ3n) is 4.94. The minimum absolute atomic E-state index is 0.0222. The molecule has 8 heteroatoms. The third-order valence-corrected chi connectivity index (χ3v) is 6.71. The quantitative estimate of drug-likeness (QED) is 0.546. The summed E-state index contributed by atoms with van der Waals surface area (Å²) in [5, 5.41) is 3.52. The molecule has 0 bridgehead atoms. The highest BCUT2D eigenvalue weighted by molar-refractivity contribution is 7.91. The van der Waals surface area contributed by atoms with Crippen LogP contribution in [0.3, 0.4) is 0 Å². The van der Waals surface area contributed by atoms with Crippen molar-refractivity contribution in [3.8, 4) is 5.75 Å². The number of ether oxygens (including phenoxy) is 1. The van der Waals surface area contributed by atoms with Gasteiger partial charge in [0.05, 0.1) is 11.5 Å². The molecule has 1 aromatic carbocycles. The first-order chi connectivity index (χ1) is 13.6. The van der Waals surface area contributed by atoms with Crippen molar-refractivity contribution < 1.29 is 22.4 Å². The van der Waals surface area contributed by atoms with Gasteiger partial charge < -0.3 is 14.5 Å². The zero-order valence-corrected chi connectivity index (χ0v) is 17.4. The molecule has 1 aliphatic rings. The smallest absolute Gasteiger partial charge is 0.339 e. The van der Waals surface area contributed by atoms with Crippen LogP contribution in [0.5, 0.6) is 5.75 Å². The first-order valence-corrected chi connectivity index (χ1v) is 11.3. The minimum Gasteiger partial charge on any atom is -0.489 e. The number of rotatable bonds is 7. The predicted octanol–water partition coefficient (Wildman–Crippen LogP) is 2.29. The van der Waals surface area contributed by atoms with Gasteiger partial charge in [-0.05, 0) is 50.0 Å². The first kappa shape index (κ1) is 21.1. The molecule has 0 unspecified atom stereocenters. The molecule has 1 amide bonds. The van der Waals surface area contributed by atoms with Crippen molar-refractivity contribution in [3.63, 3.8) is 0 Å². The van der Waals surface area contributed by atoms with Crippen molar-refractivity contribution in [1.29, 1.82) is 0 Å². The average molecular weight is 419 g/mol. The molecule has 1 fully saturated rings. The number of carbonyl (C=O) groups is 1. The molecular formula is C21H25NO6S. The second kappa shape index (κ2) is 8.41. The lowest BCUT2D eigenvalue weighted by Crippen LogP contribution is -2.35. The van der Waals surface area contributed by atoms with Gasteiger partial charge in [-0.25, -0.2) is 13.2 Å². The fourth-order valence-corrected chi connectivity index (χ4v) is 5.08. The van der Waals surface area contributed by atoms with Gasteiger partial charge in [-0.3, -0.25) is 4.79 Å². The molecule has 0 spiro atoms. The number of carbonyl (C=O) groups excluding carboxylic acids is 1. The van der Waals surface area contributed by atoms with E-state index in [0.717, 1.165) is 16.5 Å². The van der Waals surface area contributed by atoms with Crippen LogP contribution in [-0.4, -0.2) is 38.5 Å². The Balaban J connectivity index is 1.71. The maximum absolute atomic E-state index is 12.4. The SMILES string of the molecule is C=C(C)COc1ccc2c(C)c(CCC(=O)N[C@H]3CCS(=O)(=O)C3)c(=O)oc2c1. The molecule has 1 saturated heterocycles. The third kappa shape index (κ3) is 5.26. The Morgan fingerprint density at radius 1 is 1.38 bits per heavy atom.